The largest absolute Gasteiger partial charge is 0.424 e. The smallest absolute Gasteiger partial charge is 0.230 e. The molecular weight excluding hydrogens is 294 g/mol. The highest BCUT2D eigenvalue weighted by atomic mass is 16.5. The van der Waals surface area contributed by atoms with Gasteiger partial charge in [0, 0.05) is 32.2 Å². The summed E-state index contributed by atoms with van der Waals surface area (Å²) < 4.78 is 11.2. The zero-order valence-corrected chi connectivity index (χ0v) is 13.9. The van der Waals surface area contributed by atoms with Crippen LogP contribution in [-0.4, -0.2) is 52.1 Å². The predicted molar refractivity (Wildman–Crippen MR) is 83.8 cm³/mol. The summed E-state index contributed by atoms with van der Waals surface area (Å²) in [6.07, 6.45) is 5.15. The zero-order valence-electron chi connectivity index (χ0n) is 13.9. The van der Waals surface area contributed by atoms with Gasteiger partial charge in [0.2, 0.25) is 11.8 Å². The van der Waals surface area contributed by atoms with E-state index in [2.05, 4.69) is 22.0 Å². The maximum Gasteiger partial charge on any atom is 0.230 e. The van der Waals surface area contributed by atoms with E-state index in [-0.39, 0.29) is 5.92 Å². The summed E-state index contributed by atoms with van der Waals surface area (Å²) in [6, 6.07) is 0. The lowest BCUT2D eigenvalue weighted by Gasteiger charge is -2.48. The molecule has 4 rings (SSSR count). The van der Waals surface area contributed by atoms with E-state index in [0.717, 1.165) is 57.3 Å². The maximum atomic E-state index is 11.2. The van der Waals surface area contributed by atoms with E-state index >= 15 is 0 Å². The highest BCUT2D eigenvalue weighted by Crippen LogP contribution is 2.40. The van der Waals surface area contributed by atoms with Gasteiger partial charge < -0.3 is 14.3 Å². The van der Waals surface area contributed by atoms with Crippen LogP contribution in [0, 0.1) is 11.8 Å². The Hall–Kier alpha value is -0.980. The Balaban J connectivity index is 1.36. The molecule has 0 bridgehead atoms. The number of aliphatic hydroxyl groups is 1. The summed E-state index contributed by atoms with van der Waals surface area (Å²) in [4.78, 5) is 2.34. The minimum absolute atomic E-state index is 0.255. The molecule has 2 saturated heterocycles. The van der Waals surface area contributed by atoms with Gasteiger partial charge in [-0.25, -0.2) is 0 Å². The first-order valence-electron chi connectivity index (χ1n) is 9.00. The Morgan fingerprint density at radius 1 is 1.22 bits per heavy atom. The molecule has 23 heavy (non-hydrogen) atoms. The molecule has 3 fully saturated rings. The molecule has 2 aliphatic heterocycles. The molecular formula is C17H27N3O3. The molecule has 128 valence electrons. The summed E-state index contributed by atoms with van der Waals surface area (Å²) in [7, 11) is 0. The van der Waals surface area contributed by atoms with Gasteiger partial charge >= 0.3 is 0 Å². The van der Waals surface area contributed by atoms with Gasteiger partial charge in [-0.2, -0.15) is 0 Å². The molecule has 1 N–H and O–H groups in total. The number of rotatable bonds is 4. The Morgan fingerprint density at radius 3 is 2.70 bits per heavy atom. The second-order valence-corrected chi connectivity index (χ2v) is 7.57. The molecule has 1 aromatic heterocycles. The Bertz CT molecular complexity index is 539. The third-order valence-corrected chi connectivity index (χ3v) is 5.91. The minimum atomic E-state index is -0.547. The second-order valence-electron chi connectivity index (χ2n) is 7.57. The van der Waals surface area contributed by atoms with Gasteiger partial charge in [-0.1, -0.05) is 6.92 Å². The first-order valence-corrected chi connectivity index (χ1v) is 9.00. The van der Waals surface area contributed by atoms with Crippen LogP contribution in [0.2, 0.25) is 0 Å². The zero-order chi connectivity index (χ0) is 15.9. The van der Waals surface area contributed by atoms with Crippen molar-refractivity contribution < 1.29 is 14.3 Å². The van der Waals surface area contributed by atoms with E-state index in [1.54, 1.807) is 0 Å². The van der Waals surface area contributed by atoms with Gasteiger partial charge in [0.05, 0.1) is 12.1 Å². The van der Waals surface area contributed by atoms with Crippen LogP contribution in [0.15, 0.2) is 4.42 Å². The first kappa shape index (κ1) is 15.5. The van der Waals surface area contributed by atoms with E-state index in [4.69, 9.17) is 9.15 Å². The van der Waals surface area contributed by atoms with Crippen molar-refractivity contribution in [1.82, 2.24) is 15.1 Å². The number of hydrogen-bond acceptors (Lipinski definition) is 6. The summed E-state index contributed by atoms with van der Waals surface area (Å²) >= 11 is 0. The van der Waals surface area contributed by atoms with Crippen molar-refractivity contribution >= 4 is 0 Å². The molecule has 3 aliphatic rings. The SMILES string of the molecule is C[C@@H]1CN(Cc2nnc(C3CC3)o2)CC[C@@]1(O)C1CCOCC1. The average Bonchev–Trinajstić information content (AvgIpc) is 3.32. The van der Waals surface area contributed by atoms with Crippen molar-refractivity contribution in [2.45, 2.75) is 57.1 Å². The molecule has 3 heterocycles. The molecule has 1 saturated carbocycles. The van der Waals surface area contributed by atoms with Gasteiger partial charge in [-0.15, -0.1) is 10.2 Å². The highest BCUT2D eigenvalue weighted by molar-refractivity contribution is 5.01. The van der Waals surface area contributed by atoms with E-state index in [1.165, 1.54) is 12.8 Å². The van der Waals surface area contributed by atoms with Crippen LogP contribution in [0.1, 0.15) is 56.7 Å². The Morgan fingerprint density at radius 2 is 2.00 bits per heavy atom. The van der Waals surface area contributed by atoms with Crippen LogP contribution in [0.5, 0.6) is 0 Å². The van der Waals surface area contributed by atoms with E-state index in [9.17, 15) is 5.11 Å². The lowest BCUT2D eigenvalue weighted by atomic mass is 9.70. The third kappa shape index (κ3) is 3.16. The number of likely N-dealkylation sites (tertiary alicyclic amines) is 1. The number of aromatic nitrogens is 2. The summed E-state index contributed by atoms with van der Waals surface area (Å²) in [5.41, 5.74) is -0.547. The van der Waals surface area contributed by atoms with E-state index in [1.807, 2.05) is 0 Å². The monoisotopic (exact) mass is 321 g/mol. The van der Waals surface area contributed by atoms with Crippen molar-refractivity contribution in [3.05, 3.63) is 11.8 Å². The molecule has 1 aromatic rings. The lowest BCUT2D eigenvalue weighted by molar-refractivity contribution is -0.132. The van der Waals surface area contributed by atoms with Crippen LogP contribution < -0.4 is 0 Å². The molecule has 6 heteroatoms. The summed E-state index contributed by atoms with van der Waals surface area (Å²) in [5, 5.41) is 19.5. The summed E-state index contributed by atoms with van der Waals surface area (Å²) in [5.74, 6) is 2.66. The fraction of sp³-hybridized carbons (Fsp3) is 0.882. The molecule has 0 amide bonds. The number of piperidine rings is 1. The Kier molecular flexibility index (Phi) is 4.15. The van der Waals surface area contributed by atoms with Crippen LogP contribution in [0.4, 0.5) is 0 Å². The van der Waals surface area contributed by atoms with Crippen molar-refractivity contribution in [3.63, 3.8) is 0 Å². The van der Waals surface area contributed by atoms with Gasteiger partial charge in [0.15, 0.2) is 0 Å². The molecule has 0 aromatic carbocycles. The summed E-state index contributed by atoms with van der Waals surface area (Å²) in [6.45, 7) is 6.22. The van der Waals surface area contributed by atoms with Crippen molar-refractivity contribution in [2.24, 2.45) is 11.8 Å². The standard InChI is InChI=1S/C17H27N3O3/c1-12-10-20(11-15-18-19-16(23-15)13-2-3-13)7-6-17(12,21)14-4-8-22-9-5-14/h12-14,21H,2-11H2,1H3/t12-,17+/m1/s1. The highest BCUT2D eigenvalue weighted by Gasteiger charge is 2.45. The van der Waals surface area contributed by atoms with Crippen LogP contribution >= 0.6 is 0 Å². The van der Waals surface area contributed by atoms with E-state index < -0.39 is 5.60 Å². The van der Waals surface area contributed by atoms with Crippen molar-refractivity contribution in [1.29, 1.82) is 0 Å². The molecule has 2 atom stereocenters. The third-order valence-electron chi connectivity index (χ3n) is 5.91. The fourth-order valence-electron chi connectivity index (χ4n) is 4.18. The molecule has 6 nitrogen and oxygen atoms in total. The van der Waals surface area contributed by atoms with Gasteiger partial charge in [0.1, 0.15) is 0 Å². The van der Waals surface area contributed by atoms with Gasteiger partial charge in [0.25, 0.3) is 0 Å². The number of ether oxygens (including phenoxy) is 1. The fourth-order valence-corrected chi connectivity index (χ4v) is 4.18. The van der Waals surface area contributed by atoms with Crippen molar-refractivity contribution in [2.75, 3.05) is 26.3 Å². The molecule has 0 unspecified atom stereocenters. The molecule has 0 spiro atoms. The molecule has 0 radical (unpaired) electrons. The minimum Gasteiger partial charge on any atom is -0.424 e. The number of nitrogens with zero attached hydrogens (tertiary/aromatic N) is 3. The second kappa shape index (κ2) is 6.15. The average molecular weight is 321 g/mol. The normalized spacial score (nSPS) is 33.9. The first-order chi connectivity index (χ1) is 11.1. The quantitative estimate of drug-likeness (QED) is 0.914. The maximum absolute atomic E-state index is 11.2. The van der Waals surface area contributed by atoms with Gasteiger partial charge in [-0.05, 0) is 43.9 Å². The van der Waals surface area contributed by atoms with Crippen LogP contribution in [0.25, 0.3) is 0 Å². The number of hydrogen-bond donors (Lipinski definition) is 1. The van der Waals surface area contributed by atoms with Crippen molar-refractivity contribution in [3.8, 4) is 0 Å². The Labute approximate surface area is 137 Å². The van der Waals surface area contributed by atoms with Crippen LogP contribution in [0.3, 0.4) is 0 Å². The lowest BCUT2D eigenvalue weighted by Crippen LogP contribution is -2.55. The topological polar surface area (TPSA) is 71.6 Å². The van der Waals surface area contributed by atoms with E-state index in [0.29, 0.717) is 18.4 Å². The van der Waals surface area contributed by atoms with Crippen LogP contribution in [-0.2, 0) is 11.3 Å². The molecule has 1 aliphatic carbocycles. The predicted octanol–water partition coefficient (Wildman–Crippen LogP) is 1.95. The van der Waals surface area contributed by atoms with Gasteiger partial charge in [-0.3, -0.25) is 4.90 Å².